The lowest BCUT2D eigenvalue weighted by Crippen LogP contribution is -2.30. The van der Waals surface area contributed by atoms with Gasteiger partial charge in [-0.3, -0.25) is 4.57 Å². The van der Waals surface area contributed by atoms with Gasteiger partial charge in [-0.15, -0.1) is 0 Å². The number of nitrogens with zero attached hydrogens (tertiary/aromatic N) is 1. The van der Waals surface area contributed by atoms with Crippen LogP contribution in [0, 0.1) is 0 Å². The van der Waals surface area contributed by atoms with Gasteiger partial charge < -0.3 is 15.2 Å². The number of carboxylic acid groups (broad SMARTS) is 1. The number of alkyl halides is 3. The van der Waals surface area contributed by atoms with Gasteiger partial charge in [0.05, 0.1) is 22.7 Å². The van der Waals surface area contributed by atoms with E-state index in [2.05, 4.69) is 5.32 Å². The number of aromatic carboxylic acids is 1. The van der Waals surface area contributed by atoms with Gasteiger partial charge in [0.1, 0.15) is 5.75 Å². The summed E-state index contributed by atoms with van der Waals surface area (Å²) in [5.41, 5.74) is 0.527. The smallest absolute Gasteiger partial charge is 0.416 e. The van der Waals surface area contributed by atoms with Gasteiger partial charge in [-0.25, -0.2) is 9.59 Å². The van der Waals surface area contributed by atoms with Crippen molar-refractivity contribution in [1.29, 1.82) is 0 Å². The van der Waals surface area contributed by atoms with Gasteiger partial charge in [0.25, 0.3) is 0 Å². The SMILES string of the molecule is CC(NC(=O)n1ccc2cccc(Oc3ccc(C(F)(F)F)cc3)c21)c1ccc(C(=O)O)cc1. The number of halogens is 3. The van der Waals surface area contributed by atoms with Gasteiger partial charge in [-0.05, 0) is 61.0 Å². The highest BCUT2D eigenvalue weighted by molar-refractivity contribution is 5.95. The first kappa shape index (κ1) is 22.9. The summed E-state index contributed by atoms with van der Waals surface area (Å²) in [5.74, 6) is -0.543. The second-order valence-electron chi connectivity index (χ2n) is 7.60. The molecule has 0 saturated heterocycles. The Kier molecular flexibility index (Phi) is 6.02. The zero-order valence-corrected chi connectivity index (χ0v) is 17.8. The minimum atomic E-state index is -4.45. The first-order valence-electron chi connectivity index (χ1n) is 10.2. The van der Waals surface area contributed by atoms with Crippen molar-refractivity contribution >= 4 is 22.9 Å². The maximum Gasteiger partial charge on any atom is 0.416 e. The van der Waals surface area contributed by atoms with E-state index in [1.807, 2.05) is 0 Å². The van der Waals surface area contributed by atoms with Crippen LogP contribution in [0.4, 0.5) is 18.0 Å². The first-order chi connectivity index (χ1) is 16.1. The van der Waals surface area contributed by atoms with Crippen molar-refractivity contribution in [1.82, 2.24) is 9.88 Å². The Morgan fingerprint density at radius 3 is 2.26 bits per heavy atom. The van der Waals surface area contributed by atoms with Crippen molar-refractivity contribution in [3.63, 3.8) is 0 Å². The number of rotatable bonds is 5. The monoisotopic (exact) mass is 468 g/mol. The minimum absolute atomic E-state index is 0.142. The molecule has 6 nitrogen and oxygen atoms in total. The van der Waals surface area contributed by atoms with Gasteiger partial charge in [0.2, 0.25) is 0 Å². The van der Waals surface area contributed by atoms with Crippen LogP contribution in [-0.4, -0.2) is 21.7 Å². The van der Waals surface area contributed by atoms with Crippen molar-refractivity contribution in [2.24, 2.45) is 0 Å². The minimum Gasteiger partial charge on any atom is -0.478 e. The molecule has 1 heterocycles. The van der Waals surface area contributed by atoms with Gasteiger partial charge >= 0.3 is 18.2 Å². The predicted molar refractivity (Wildman–Crippen MR) is 119 cm³/mol. The molecule has 34 heavy (non-hydrogen) atoms. The van der Waals surface area contributed by atoms with E-state index in [0.29, 0.717) is 16.7 Å². The first-order valence-corrected chi connectivity index (χ1v) is 10.2. The van der Waals surface area contributed by atoms with E-state index in [1.54, 1.807) is 49.5 Å². The summed E-state index contributed by atoms with van der Waals surface area (Å²) in [6.45, 7) is 1.76. The third-order valence-electron chi connectivity index (χ3n) is 5.30. The van der Waals surface area contributed by atoms with E-state index in [-0.39, 0.29) is 11.3 Å². The van der Waals surface area contributed by atoms with E-state index in [1.165, 1.54) is 28.8 Å². The molecule has 1 atom stereocenters. The van der Waals surface area contributed by atoms with Gasteiger partial charge in [-0.1, -0.05) is 24.3 Å². The fourth-order valence-electron chi connectivity index (χ4n) is 3.50. The van der Waals surface area contributed by atoms with Crippen LogP contribution in [0.5, 0.6) is 11.5 Å². The Bertz CT molecular complexity index is 1340. The fraction of sp³-hybridized carbons (Fsp3) is 0.120. The maximum atomic E-state index is 13.0. The lowest BCUT2D eigenvalue weighted by atomic mass is 10.1. The quantitative estimate of drug-likeness (QED) is 0.352. The van der Waals surface area contributed by atoms with E-state index in [0.717, 1.165) is 17.7 Å². The Balaban J connectivity index is 1.57. The Morgan fingerprint density at radius 2 is 1.65 bits per heavy atom. The van der Waals surface area contributed by atoms with Crippen LogP contribution in [0.25, 0.3) is 10.9 Å². The van der Waals surface area contributed by atoms with Crippen molar-refractivity contribution in [3.05, 3.63) is 95.7 Å². The zero-order chi connectivity index (χ0) is 24.5. The highest BCUT2D eigenvalue weighted by Gasteiger charge is 2.30. The number of hydrogen-bond acceptors (Lipinski definition) is 3. The highest BCUT2D eigenvalue weighted by atomic mass is 19.4. The van der Waals surface area contributed by atoms with Crippen molar-refractivity contribution in [3.8, 4) is 11.5 Å². The molecule has 4 aromatic rings. The van der Waals surface area contributed by atoms with Crippen LogP contribution in [0.1, 0.15) is 34.5 Å². The molecule has 3 aromatic carbocycles. The van der Waals surface area contributed by atoms with Gasteiger partial charge in [0, 0.05) is 11.6 Å². The molecule has 0 fully saturated rings. The zero-order valence-electron chi connectivity index (χ0n) is 17.8. The summed E-state index contributed by atoms with van der Waals surface area (Å²) >= 11 is 0. The van der Waals surface area contributed by atoms with E-state index in [4.69, 9.17) is 9.84 Å². The fourth-order valence-corrected chi connectivity index (χ4v) is 3.50. The van der Waals surface area contributed by atoms with Crippen LogP contribution in [0.3, 0.4) is 0 Å². The summed E-state index contributed by atoms with van der Waals surface area (Å²) in [6.07, 6.45) is -2.88. The molecule has 0 saturated carbocycles. The molecule has 9 heteroatoms. The number of carbonyl (C=O) groups is 2. The van der Waals surface area contributed by atoms with Gasteiger partial charge in [-0.2, -0.15) is 13.2 Å². The number of carboxylic acids is 1. The van der Waals surface area contributed by atoms with Crippen molar-refractivity contribution in [2.75, 3.05) is 0 Å². The molecule has 4 rings (SSSR count). The Labute approximate surface area is 192 Å². The molecule has 1 unspecified atom stereocenters. The maximum absolute atomic E-state index is 13.0. The topological polar surface area (TPSA) is 80.6 Å². The van der Waals surface area contributed by atoms with E-state index >= 15 is 0 Å². The number of fused-ring (bicyclic) bond motifs is 1. The lowest BCUT2D eigenvalue weighted by molar-refractivity contribution is -0.137. The average Bonchev–Trinajstić information content (AvgIpc) is 3.24. The molecule has 0 radical (unpaired) electrons. The second-order valence-corrected chi connectivity index (χ2v) is 7.60. The average molecular weight is 468 g/mol. The van der Waals surface area contributed by atoms with Crippen LogP contribution in [0.15, 0.2) is 79.0 Å². The summed E-state index contributed by atoms with van der Waals surface area (Å²) < 4.78 is 45.6. The van der Waals surface area contributed by atoms with Crippen LogP contribution in [-0.2, 0) is 6.18 Å². The standard InChI is InChI=1S/C25H19F3N2O4/c1-15(16-5-7-18(8-6-16)23(31)32)29-24(33)30-14-13-17-3-2-4-21(22(17)30)34-20-11-9-19(10-12-20)25(26,27)28/h2-15H,1H3,(H,29,33)(H,31,32). The number of hydrogen-bond donors (Lipinski definition) is 2. The molecular weight excluding hydrogens is 449 g/mol. The van der Waals surface area contributed by atoms with Gasteiger partial charge in [0.15, 0.2) is 5.75 Å². The largest absolute Gasteiger partial charge is 0.478 e. The van der Waals surface area contributed by atoms with E-state index in [9.17, 15) is 22.8 Å². The third kappa shape index (κ3) is 4.73. The predicted octanol–water partition coefficient (Wildman–Crippen LogP) is 6.47. The summed E-state index contributed by atoms with van der Waals surface area (Å²) in [6, 6.07) is 16.4. The van der Waals surface area contributed by atoms with E-state index < -0.39 is 29.8 Å². The number of nitrogens with one attached hydrogen (secondary N) is 1. The number of carbonyl (C=O) groups excluding carboxylic acids is 1. The molecule has 1 aromatic heterocycles. The van der Waals surface area contributed by atoms with Crippen LogP contribution in [0.2, 0.25) is 0 Å². The van der Waals surface area contributed by atoms with Crippen LogP contribution >= 0.6 is 0 Å². The molecule has 0 bridgehead atoms. The third-order valence-corrected chi connectivity index (χ3v) is 5.30. The van der Waals surface area contributed by atoms with Crippen molar-refractivity contribution in [2.45, 2.75) is 19.1 Å². The molecule has 174 valence electrons. The number of para-hydroxylation sites is 1. The van der Waals surface area contributed by atoms with Crippen LogP contribution < -0.4 is 10.1 Å². The Morgan fingerprint density at radius 1 is 0.971 bits per heavy atom. The molecule has 0 aliphatic carbocycles. The summed E-state index contributed by atoms with van der Waals surface area (Å²) in [4.78, 5) is 24.0. The lowest BCUT2D eigenvalue weighted by Gasteiger charge is -2.16. The molecule has 0 aliphatic heterocycles. The molecular formula is C25H19F3N2O4. The Hall–Kier alpha value is -4.27. The number of benzene rings is 3. The number of ether oxygens (including phenoxy) is 1. The molecule has 2 N–H and O–H groups in total. The normalized spacial score (nSPS) is 12.4. The molecule has 1 amide bonds. The molecule has 0 spiro atoms. The van der Waals surface area contributed by atoms with Crippen molar-refractivity contribution < 1.29 is 32.6 Å². The number of aromatic nitrogens is 1. The summed E-state index contributed by atoms with van der Waals surface area (Å²) in [5, 5.41) is 12.6. The summed E-state index contributed by atoms with van der Waals surface area (Å²) in [7, 11) is 0. The second kappa shape index (κ2) is 8.93. The number of amides is 1. The highest BCUT2D eigenvalue weighted by Crippen LogP contribution is 2.34. The molecule has 0 aliphatic rings.